The molecule has 0 N–H and O–H groups in total. The van der Waals surface area contributed by atoms with Gasteiger partial charge >= 0.3 is 0 Å². The van der Waals surface area contributed by atoms with Gasteiger partial charge in [-0.05, 0) is 12.1 Å². The molecule has 2 heterocycles. The number of pyridine rings is 1. The van der Waals surface area contributed by atoms with Crippen LogP contribution in [0.5, 0.6) is 0 Å². The highest BCUT2D eigenvalue weighted by Crippen LogP contribution is 2.29. The summed E-state index contributed by atoms with van der Waals surface area (Å²) < 4.78 is 5.05. The molecule has 0 radical (unpaired) electrons. The van der Waals surface area contributed by atoms with Gasteiger partial charge in [-0.3, -0.25) is 4.98 Å². The van der Waals surface area contributed by atoms with Crippen LogP contribution in [0.25, 0.3) is 0 Å². The Hall–Kier alpha value is -1.40. The van der Waals surface area contributed by atoms with Crippen LogP contribution in [0.4, 0.5) is 0 Å². The van der Waals surface area contributed by atoms with Crippen molar-refractivity contribution < 1.29 is 4.74 Å². The van der Waals surface area contributed by atoms with Gasteiger partial charge in [0.05, 0.1) is 19.3 Å². The summed E-state index contributed by atoms with van der Waals surface area (Å²) in [6.45, 7) is 1.08. The van der Waals surface area contributed by atoms with Crippen molar-refractivity contribution in [2.75, 3.05) is 13.2 Å². The zero-order valence-electron chi connectivity index (χ0n) is 7.23. The van der Waals surface area contributed by atoms with Gasteiger partial charge in [0, 0.05) is 18.3 Å². The van der Waals surface area contributed by atoms with E-state index in [1.54, 1.807) is 6.20 Å². The summed E-state index contributed by atoms with van der Waals surface area (Å²) in [4.78, 5) is 4.19. The topological polar surface area (TPSA) is 45.9 Å². The molecule has 13 heavy (non-hydrogen) atoms. The van der Waals surface area contributed by atoms with E-state index >= 15 is 0 Å². The molecule has 1 aliphatic rings. The molecule has 0 unspecified atom stereocenters. The van der Waals surface area contributed by atoms with Crippen molar-refractivity contribution in [2.45, 2.75) is 6.42 Å². The summed E-state index contributed by atoms with van der Waals surface area (Å²) in [5, 5.41) is 8.94. The van der Waals surface area contributed by atoms with Crippen molar-refractivity contribution in [3.05, 3.63) is 30.1 Å². The molecule has 2 rings (SSSR count). The van der Waals surface area contributed by atoms with Gasteiger partial charge in [0.25, 0.3) is 0 Å². The summed E-state index contributed by atoms with van der Waals surface area (Å²) in [7, 11) is 0. The van der Waals surface area contributed by atoms with Crippen LogP contribution in [0, 0.1) is 16.7 Å². The van der Waals surface area contributed by atoms with E-state index in [0.29, 0.717) is 19.6 Å². The molecule has 1 fully saturated rings. The predicted octanol–water partition coefficient (Wildman–Crippen LogP) is 1.16. The maximum atomic E-state index is 8.94. The Bertz CT molecular complexity index is 325. The van der Waals surface area contributed by atoms with Crippen LogP contribution in [-0.4, -0.2) is 18.2 Å². The first-order valence-electron chi connectivity index (χ1n) is 4.24. The minimum absolute atomic E-state index is 0.311. The van der Waals surface area contributed by atoms with Crippen molar-refractivity contribution >= 4 is 0 Å². The van der Waals surface area contributed by atoms with Gasteiger partial charge in [-0.2, -0.15) is 5.26 Å². The second-order valence-electron chi connectivity index (χ2n) is 3.38. The van der Waals surface area contributed by atoms with Crippen molar-refractivity contribution in [3.8, 4) is 6.07 Å². The monoisotopic (exact) mass is 174 g/mol. The Balaban J connectivity index is 2.10. The van der Waals surface area contributed by atoms with Gasteiger partial charge in [0.15, 0.2) is 0 Å². The Labute approximate surface area is 77.0 Å². The smallest absolute Gasteiger partial charge is 0.109 e. The van der Waals surface area contributed by atoms with Crippen molar-refractivity contribution in [1.82, 2.24) is 4.98 Å². The zero-order valence-corrected chi connectivity index (χ0v) is 7.23. The molecule has 3 heteroatoms. The lowest BCUT2D eigenvalue weighted by molar-refractivity contribution is -0.0769. The van der Waals surface area contributed by atoms with E-state index in [9.17, 15) is 0 Å². The van der Waals surface area contributed by atoms with Crippen molar-refractivity contribution in [2.24, 2.45) is 5.41 Å². The maximum absolute atomic E-state index is 8.94. The van der Waals surface area contributed by atoms with E-state index in [2.05, 4.69) is 11.1 Å². The first kappa shape index (κ1) is 8.21. The Morgan fingerprint density at radius 1 is 1.54 bits per heavy atom. The van der Waals surface area contributed by atoms with E-state index in [4.69, 9.17) is 10.00 Å². The third-order valence-corrected chi connectivity index (χ3v) is 2.24. The number of hydrogen-bond acceptors (Lipinski definition) is 3. The maximum Gasteiger partial charge on any atom is 0.109 e. The quantitative estimate of drug-likeness (QED) is 0.676. The van der Waals surface area contributed by atoms with E-state index in [-0.39, 0.29) is 5.41 Å². The molecular weight excluding hydrogens is 164 g/mol. The highest BCUT2D eigenvalue weighted by atomic mass is 16.5. The number of hydrogen-bond donors (Lipinski definition) is 0. The zero-order chi connectivity index (χ0) is 9.15. The summed E-state index contributed by atoms with van der Waals surface area (Å²) in [5.74, 6) is 0. The van der Waals surface area contributed by atoms with Crippen LogP contribution in [-0.2, 0) is 11.2 Å². The van der Waals surface area contributed by atoms with Crippen LogP contribution in [0.3, 0.4) is 0 Å². The molecule has 0 amide bonds. The predicted molar refractivity (Wildman–Crippen MR) is 46.8 cm³/mol. The summed E-state index contributed by atoms with van der Waals surface area (Å²) >= 11 is 0. The van der Waals surface area contributed by atoms with Gasteiger partial charge < -0.3 is 4.74 Å². The van der Waals surface area contributed by atoms with Gasteiger partial charge in [0.2, 0.25) is 0 Å². The second-order valence-corrected chi connectivity index (χ2v) is 3.38. The molecule has 1 aromatic rings. The largest absolute Gasteiger partial charge is 0.378 e. The average molecular weight is 174 g/mol. The second kappa shape index (κ2) is 3.15. The van der Waals surface area contributed by atoms with Gasteiger partial charge in [-0.1, -0.05) is 6.07 Å². The molecule has 0 atom stereocenters. The molecule has 1 aliphatic heterocycles. The van der Waals surface area contributed by atoms with E-state index in [0.717, 1.165) is 5.69 Å². The fourth-order valence-corrected chi connectivity index (χ4v) is 1.40. The van der Waals surface area contributed by atoms with Crippen molar-refractivity contribution in [3.63, 3.8) is 0 Å². The number of ether oxygens (including phenoxy) is 1. The number of rotatable bonds is 2. The molecule has 0 aromatic carbocycles. The minimum atomic E-state index is -0.311. The highest BCUT2D eigenvalue weighted by Gasteiger charge is 2.39. The van der Waals surface area contributed by atoms with Crippen molar-refractivity contribution in [1.29, 1.82) is 5.26 Å². The van der Waals surface area contributed by atoms with Crippen LogP contribution < -0.4 is 0 Å². The molecule has 0 saturated carbocycles. The molecule has 0 spiro atoms. The third-order valence-electron chi connectivity index (χ3n) is 2.24. The molecule has 3 nitrogen and oxygen atoms in total. The van der Waals surface area contributed by atoms with E-state index in [1.807, 2.05) is 18.2 Å². The molecular formula is C10H10N2O. The fourth-order valence-electron chi connectivity index (χ4n) is 1.40. The molecule has 66 valence electrons. The molecule has 1 aromatic heterocycles. The van der Waals surface area contributed by atoms with Crippen LogP contribution >= 0.6 is 0 Å². The highest BCUT2D eigenvalue weighted by molar-refractivity contribution is 5.14. The Morgan fingerprint density at radius 2 is 2.38 bits per heavy atom. The number of aromatic nitrogens is 1. The normalized spacial score (nSPS) is 18.7. The van der Waals surface area contributed by atoms with Gasteiger partial charge in [-0.25, -0.2) is 0 Å². The summed E-state index contributed by atoms with van der Waals surface area (Å²) in [6.07, 6.45) is 2.45. The fraction of sp³-hybridized carbons (Fsp3) is 0.400. The lowest BCUT2D eigenvalue weighted by Gasteiger charge is -2.34. The first-order valence-corrected chi connectivity index (χ1v) is 4.24. The molecule has 0 aliphatic carbocycles. The third kappa shape index (κ3) is 1.53. The van der Waals surface area contributed by atoms with E-state index in [1.165, 1.54) is 0 Å². The average Bonchev–Trinajstić information content (AvgIpc) is 2.13. The Morgan fingerprint density at radius 3 is 2.85 bits per heavy atom. The first-order chi connectivity index (χ1) is 6.35. The lowest BCUT2D eigenvalue weighted by atomic mass is 9.83. The van der Waals surface area contributed by atoms with E-state index < -0.39 is 0 Å². The Kier molecular flexibility index (Phi) is 1.99. The number of nitriles is 1. The molecule has 1 saturated heterocycles. The van der Waals surface area contributed by atoms with Crippen LogP contribution in [0.1, 0.15) is 5.69 Å². The number of nitrogens with zero attached hydrogens (tertiary/aromatic N) is 2. The summed E-state index contributed by atoms with van der Waals surface area (Å²) in [5.41, 5.74) is 0.654. The SMILES string of the molecule is N#CC1(Cc2ccccn2)COC1. The lowest BCUT2D eigenvalue weighted by Crippen LogP contribution is -2.43. The van der Waals surface area contributed by atoms with Crippen LogP contribution in [0.2, 0.25) is 0 Å². The summed E-state index contributed by atoms with van der Waals surface area (Å²) in [6, 6.07) is 8.05. The van der Waals surface area contributed by atoms with Gasteiger partial charge in [-0.15, -0.1) is 0 Å². The minimum Gasteiger partial charge on any atom is -0.378 e. The standard InChI is InChI=1S/C10H10N2O/c11-6-10(7-13-8-10)5-9-3-1-2-4-12-9/h1-4H,5,7-8H2. The van der Waals surface area contributed by atoms with Gasteiger partial charge in [0.1, 0.15) is 5.41 Å². The molecule has 0 bridgehead atoms. The van der Waals surface area contributed by atoms with Crippen LogP contribution in [0.15, 0.2) is 24.4 Å².